The minimum atomic E-state index is -0.450. The molecule has 2 heterocycles. The molecule has 1 aromatic carbocycles. The molecule has 1 aromatic rings. The summed E-state index contributed by atoms with van der Waals surface area (Å²) in [7, 11) is 0. The van der Waals surface area contributed by atoms with Crippen LogP contribution in [0.15, 0.2) is 30.3 Å². The molecule has 0 bridgehead atoms. The van der Waals surface area contributed by atoms with Crippen LogP contribution in [0.3, 0.4) is 0 Å². The van der Waals surface area contributed by atoms with Crippen molar-refractivity contribution in [2.45, 2.75) is 45.6 Å². The van der Waals surface area contributed by atoms with Gasteiger partial charge in [-0.1, -0.05) is 44.2 Å². The summed E-state index contributed by atoms with van der Waals surface area (Å²) >= 11 is 0. The summed E-state index contributed by atoms with van der Waals surface area (Å²) in [4.78, 5) is 28.9. The average molecular weight is 372 g/mol. The van der Waals surface area contributed by atoms with Gasteiger partial charge in [0.05, 0.1) is 6.04 Å². The maximum absolute atomic E-state index is 12.5. The third-order valence-electron chi connectivity index (χ3n) is 5.89. The highest BCUT2D eigenvalue weighted by Crippen LogP contribution is 2.22. The lowest BCUT2D eigenvalue weighted by molar-refractivity contribution is -0.151. The van der Waals surface area contributed by atoms with Crippen LogP contribution in [0.25, 0.3) is 0 Å². The van der Waals surface area contributed by atoms with Gasteiger partial charge in [0.2, 0.25) is 0 Å². The number of piperidine rings is 1. The number of rotatable bonds is 7. The maximum atomic E-state index is 12.5. The number of nitrogens with one attached hydrogen (secondary N) is 1. The van der Waals surface area contributed by atoms with E-state index in [4.69, 9.17) is 0 Å². The van der Waals surface area contributed by atoms with Crippen LogP contribution in [0.1, 0.15) is 38.7 Å². The lowest BCUT2D eigenvalue weighted by Crippen LogP contribution is -2.60. The van der Waals surface area contributed by atoms with Gasteiger partial charge in [0, 0.05) is 13.1 Å². The van der Waals surface area contributed by atoms with E-state index in [1.165, 1.54) is 18.5 Å². The molecule has 0 aromatic heterocycles. The standard InChI is InChI=1S/C22H33N3O2/c1-17(2)8-11-24-12-9-19(10-13-24)16-25-20(15-23-21(26)22(25)27)14-18-6-4-3-5-7-18/h3-7,17,19-20H,8-16H2,1-2H3,(H,23,26)/t20-/m0/s1. The normalized spacial score (nSPS) is 22.3. The van der Waals surface area contributed by atoms with Crippen molar-refractivity contribution in [2.75, 3.05) is 32.7 Å². The molecule has 1 atom stereocenters. The van der Waals surface area contributed by atoms with E-state index in [1.54, 1.807) is 0 Å². The lowest BCUT2D eigenvalue weighted by atomic mass is 9.93. The third-order valence-corrected chi connectivity index (χ3v) is 5.89. The van der Waals surface area contributed by atoms with Gasteiger partial charge in [-0.3, -0.25) is 9.59 Å². The predicted molar refractivity (Wildman–Crippen MR) is 107 cm³/mol. The van der Waals surface area contributed by atoms with Crippen LogP contribution >= 0.6 is 0 Å². The van der Waals surface area contributed by atoms with E-state index in [1.807, 2.05) is 23.1 Å². The second kappa shape index (κ2) is 9.36. The first-order chi connectivity index (χ1) is 13.0. The molecule has 2 aliphatic heterocycles. The fourth-order valence-corrected chi connectivity index (χ4v) is 4.10. The number of amides is 2. The van der Waals surface area contributed by atoms with E-state index in [9.17, 15) is 9.59 Å². The smallest absolute Gasteiger partial charge is 0.312 e. The molecule has 1 N–H and O–H groups in total. The molecule has 5 heteroatoms. The van der Waals surface area contributed by atoms with Crippen molar-refractivity contribution in [1.29, 1.82) is 0 Å². The number of carbonyl (C=O) groups excluding carboxylic acids is 2. The SMILES string of the molecule is CC(C)CCN1CCC(CN2C(=O)C(=O)NC[C@@H]2Cc2ccccc2)CC1. The average Bonchev–Trinajstić information content (AvgIpc) is 2.68. The van der Waals surface area contributed by atoms with Gasteiger partial charge in [-0.15, -0.1) is 0 Å². The Balaban J connectivity index is 1.57. The molecule has 0 aliphatic carbocycles. The van der Waals surface area contributed by atoms with Crippen LogP contribution in [0.4, 0.5) is 0 Å². The highest BCUT2D eigenvalue weighted by atomic mass is 16.2. The van der Waals surface area contributed by atoms with Gasteiger partial charge in [-0.2, -0.15) is 0 Å². The van der Waals surface area contributed by atoms with E-state index in [0.717, 1.165) is 38.3 Å². The van der Waals surface area contributed by atoms with Crippen molar-refractivity contribution in [3.8, 4) is 0 Å². The van der Waals surface area contributed by atoms with Gasteiger partial charge in [0.15, 0.2) is 0 Å². The van der Waals surface area contributed by atoms with Crippen molar-refractivity contribution in [3.05, 3.63) is 35.9 Å². The summed E-state index contributed by atoms with van der Waals surface area (Å²) in [6, 6.07) is 10.3. The van der Waals surface area contributed by atoms with Crippen molar-refractivity contribution >= 4 is 11.8 Å². The zero-order valence-electron chi connectivity index (χ0n) is 16.7. The third kappa shape index (κ3) is 5.55. The van der Waals surface area contributed by atoms with Crippen LogP contribution in [0, 0.1) is 11.8 Å². The van der Waals surface area contributed by atoms with Gasteiger partial charge in [0.25, 0.3) is 0 Å². The predicted octanol–water partition coefficient (Wildman–Crippen LogP) is 2.31. The first-order valence-corrected chi connectivity index (χ1v) is 10.4. The molecule has 0 unspecified atom stereocenters. The molecular weight excluding hydrogens is 338 g/mol. The summed E-state index contributed by atoms with van der Waals surface area (Å²) in [5, 5.41) is 2.77. The highest BCUT2D eigenvalue weighted by molar-refractivity contribution is 6.35. The van der Waals surface area contributed by atoms with E-state index < -0.39 is 5.91 Å². The Labute approximate surface area is 163 Å². The van der Waals surface area contributed by atoms with Gasteiger partial charge in [-0.05, 0) is 62.7 Å². The minimum Gasteiger partial charge on any atom is -0.346 e. The van der Waals surface area contributed by atoms with Crippen molar-refractivity contribution in [3.63, 3.8) is 0 Å². The Morgan fingerprint density at radius 1 is 1.11 bits per heavy atom. The fraction of sp³-hybridized carbons (Fsp3) is 0.636. The number of piperazine rings is 1. The Bertz CT molecular complexity index is 624. The minimum absolute atomic E-state index is 0.0524. The Kier molecular flexibility index (Phi) is 6.89. The number of benzene rings is 1. The number of likely N-dealkylation sites (tertiary alicyclic amines) is 1. The zero-order valence-corrected chi connectivity index (χ0v) is 16.7. The van der Waals surface area contributed by atoms with E-state index in [2.05, 4.69) is 36.2 Å². The molecule has 2 saturated heterocycles. The molecule has 27 heavy (non-hydrogen) atoms. The fourth-order valence-electron chi connectivity index (χ4n) is 4.10. The first-order valence-electron chi connectivity index (χ1n) is 10.4. The molecular formula is C22H33N3O2. The zero-order chi connectivity index (χ0) is 19.2. The van der Waals surface area contributed by atoms with E-state index in [-0.39, 0.29) is 11.9 Å². The van der Waals surface area contributed by atoms with Gasteiger partial charge in [-0.25, -0.2) is 0 Å². The molecule has 2 amide bonds. The largest absolute Gasteiger partial charge is 0.346 e. The van der Waals surface area contributed by atoms with Crippen LogP contribution < -0.4 is 5.32 Å². The number of hydrogen-bond acceptors (Lipinski definition) is 3. The molecule has 2 aliphatic rings. The van der Waals surface area contributed by atoms with Gasteiger partial charge >= 0.3 is 11.8 Å². The van der Waals surface area contributed by atoms with Crippen molar-refractivity contribution < 1.29 is 9.59 Å². The van der Waals surface area contributed by atoms with E-state index >= 15 is 0 Å². The van der Waals surface area contributed by atoms with Crippen LogP contribution in [-0.2, 0) is 16.0 Å². The Hall–Kier alpha value is -1.88. The van der Waals surface area contributed by atoms with Crippen molar-refractivity contribution in [1.82, 2.24) is 15.1 Å². The quantitative estimate of drug-likeness (QED) is 0.749. The number of carbonyl (C=O) groups is 2. The topological polar surface area (TPSA) is 52.7 Å². The summed E-state index contributed by atoms with van der Waals surface area (Å²) in [5.74, 6) is 0.428. The summed E-state index contributed by atoms with van der Waals surface area (Å²) in [6.07, 6.45) is 4.26. The number of nitrogens with zero attached hydrogens (tertiary/aromatic N) is 2. The summed E-state index contributed by atoms with van der Waals surface area (Å²) in [6.45, 7) is 9.18. The van der Waals surface area contributed by atoms with Crippen LogP contribution in [-0.4, -0.2) is 60.4 Å². The molecule has 3 rings (SSSR count). The maximum Gasteiger partial charge on any atom is 0.312 e. The van der Waals surface area contributed by atoms with Gasteiger partial charge < -0.3 is 15.1 Å². The van der Waals surface area contributed by atoms with Gasteiger partial charge in [0.1, 0.15) is 0 Å². The first kappa shape index (κ1) is 19.9. The Morgan fingerprint density at radius 2 is 1.81 bits per heavy atom. The lowest BCUT2D eigenvalue weighted by Gasteiger charge is -2.40. The monoisotopic (exact) mass is 371 g/mol. The molecule has 5 nitrogen and oxygen atoms in total. The molecule has 0 radical (unpaired) electrons. The molecule has 0 spiro atoms. The number of hydrogen-bond donors (Lipinski definition) is 1. The summed E-state index contributed by atoms with van der Waals surface area (Å²) < 4.78 is 0. The highest BCUT2D eigenvalue weighted by Gasteiger charge is 2.35. The van der Waals surface area contributed by atoms with Crippen LogP contribution in [0.2, 0.25) is 0 Å². The van der Waals surface area contributed by atoms with Crippen LogP contribution in [0.5, 0.6) is 0 Å². The second-order valence-electron chi connectivity index (χ2n) is 8.48. The molecule has 0 saturated carbocycles. The molecule has 2 fully saturated rings. The second-order valence-corrected chi connectivity index (χ2v) is 8.48. The molecule has 148 valence electrons. The Morgan fingerprint density at radius 3 is 2.48 bits per heavy atom. The summed E-state index contributed by atoms with van der Waals surface area (Å²) in [5.41, 5.74) is 1.21. The van der Waals surface area contributed by atoms with Crippen molar-refractivity contribution in [2.24, 2.45) is 11.8 Å². The van der Waals surface area contributed by atoms with E-state index in [0.29, 0.717) is 19.0 Å².